The Hall–Kier alpha value is -1.67. The fraction of sp³-hybridized carbons (Fsp3) is 0. The van der Waals surface area contributed by atoms with E-state index >= 15 is 0 Å². The average Bonchev–Trinajstić information content (AvgIpc) is 2.67. The molecular weight excluding hydrogens is 246 g/mol. The highest BCUT2D eigenvalue weighted by Crippen LogP contribution is 2.18. The van der Waals surface area contributed by atoms with Gasteiger partial charge in [0.1, 0.15) is 0 Å². The predicted octanol–water partition coefficient (Wildman–Crippen LogP) is 2.37. The van der Waals surface area contributed by atoms with Crippen LogP contribution in [-0.4, -0.2) is 10.1 Å². The summed E-state index contributed by atoms with van der Waals surface area (Å²) in [5.74, 6) is 0.400. The molecule has 5 heteroatoms. The number of nitrogens with zero attached hydrogens (tertiary/aromatic N) is 3. The van der Waals surface area contributed by atoms with Gasteiger partial charge in [0.05, 0.1) is 0 Å². The Balaban J connectivity index is 2.40. The Labute approximate surface area is 88.3 Å². The zero-order valence-electron chi connectivity index (χ0n) is 6.94. The molecule has 1 aromatic heterocycles. The van der Waals surface area contributed by atoms with Gasteiger partial charge in [-0.05, 0) is 24.3 Å². The van der Waals surface area contributed by atoms with Gasteiger partial charge in [-0.2, -0.15) is 10.2 Å². The average molecular weight is 250 g/mol. The fourth-order valence-corrected chi connectivity index (χ4v) is 1.25. The SMILES string of the molecule is N#Cc1nc(-c2ccc(Br)cc2)no1. The summed E-state index contributed by atoms with van der Waals surface area (Å²) in [5.41, 5.74) is 0.818. The van der Waals surface area contributed by atoms with Crippen molar-refractivity contribution in [3.05, 3.63) is 34.6 Å². The molecule has 0 unspecified atom stereocenters. The van der Waals surface area contributed by atoms with E-state index in [9.17, 15) is 0 Å². The summed E-state index contributed by atoms with van der Waals surface area (Å²) in [5, 5.41) is 12.2. The maximum atomic E-state index is 8.49. The van der Waals surface area contributed by atoms with Crippen molar-refractivity contribution in [2.45, 2.75) is 0 Å². The summed E-state index contributed by atoms with van der Waals surface area (Å²) in [4.78, 5) is 3.87. The molecule has 1 heterocycles. The van der Waals surface area contributed by atoms with Crippen molar-refractivity contribution < 1.29 is 4.52 Å². The highest BCUT2D eigenvalue weighted by atomic mass is 79.9. The van der Waals surface area contributed by atoms with Gasteiger partial charge in [0.25, 0.3) is 0 Å². The number of benzene rings is 1. The third-order valence-electron chi connectivity index (χ3n) is 1.62. The van der Waals surface area contributed by atoms with Crippen LogP contribution in [0.15, 0.2) is 33.3 Å². The molecule has 14 heavy (non-hydrogen) atoms. The van der Waals surface area contributed by atoms with Gasteiger partial charge in [-0.3, -0.25) is 0 Å². The zero-order valence-corrected chi connectivity index (χ0v) is 8.52. The Kier molecular flexibility index (Phi) is 2.29. The Morgan fingerprint density at radius 3 is 2.57 bits per heavy atom. The second kappa shape index (κ2) is 3.60. The molecule has 0 atom stereocenters. The summed E-state index contributed by atoms with van der Waals surface area (Å²) in [6.07, 6.45) is 0. The van der Waals surface area contributed by atoms with E-state index < -0.39 is 0 Å². The van der Waals surface area contributed by atoms with E-state index in [1.807, 2.05) is 24.3 Å². The molecule has 0 aliphatic carbocycles. The van der Waals surface area contributed by atoms with Gasteiger partial charge >= 0.3 is 5.89 Å². The van der Waals surface area contributed by atoms with Crippen LogP contribution < -0.4 is 0 Å². The molecule has 4 nitrogen and oxygen atoms in total. The van der Waals surface area contributed by atoms with E-state index in [0.29, 0.717) is 5.82 Å². The van der Waals surface area contributed by atoms with Crippen molar-refractivity contribution in [2.24, 2.45) is 0 Å². The molecule has 0 bridgehead atoms. The third kappa shape index (κ3) is 1.65. The van der Waals surface area contributed by atoms with Crippen LogP contribution in [0.4, 0.5) is 0 Å². The smallest absolute Gasteiger partial charge is 0.322 e. The van der Waals surface area contributed by atoms with Crippen molar-refractivity contribution in [3.63, 3.8) is 0 Å². The van der Waals surface area contributed by atoms with Crippen LogP contribution in [0.2, 0.25) is 0 Å². The topological polar surface area (TPSA) is 62.7 Å². The molecule has 0 spiro atoms. The van der Waals surface area contributed by atoms with Crippen molar-refractivity contribution >= 4 is 15.9 Å². The Bertz CT molecular complexity index is 484. The van der Waals surface area contributed by atoms with Gasteiger partial charge < -0.3 is 4.52 Å². The minimum absolute atomic E-state index is 0.0251. The normalized spacial score (nSPS) is 9.71. The first-order valence-corrected chi connectivity index (χ1v) is 4.58. The van der Waals surface area contributed by atoms with Gasteiger partial charge in [0, 0.05) is 10.0 Å². The summed E-state index contributed by atoms with van der Waals surface area (Å²) in [7, 11) is 0. The van der Waals surface area contributed by atoms with Crippen LogP contribution >= 0.6 is 15.9 Å². The number of halogens is 1. The second-order valence-electron chi connectivity index (χ2n) is 2.54. The molecule has 0 aliphatic rings. The third-order valence-corrected chi connectivity index (χ3v) is 2.15. The lowest BCUT2D eigenvalue weighted by molar-refractivity contribution is 0.408. The Morgan fingerprint density at radius 1 is 1.29 bits per heavy atom. The van der Waals surface area contributed by atoms with Gasteiger partial charge in [0.15, 0.2) is 6.07 Å². The van der Waals surface area contributed by atoms with Crippen LogP contribution in [-0.2, 0) is 0 Å². The maximum absolute atomic E-state index is 8.49. The van der Waals surface area contributed by atoms with Gasteiger partial charge in [-0.25, -0.2) is 0 Å². The van der Waals surface area contributed by atoms with E-state index in [0.717, 1.165) is 10.0 Å². The summed E-state index contributed by atoms with van der Waals surface area (Å²) in [6.45, 7) is 0. The van der Waals surface area contributed by atoms with Gasteiger partial charge in [0.2, 0.25) is 5.82 Å². The highest BCUT2D eigenvalue weighted by Gasteiger charge is 2.06. The van der Waals surface area contributed by atoms with E-state index in [-0.39, 0.29) is 5.89 Å². The number of hydrogen-bond acceptors (Lipinski definition) is 4. The van der Waals surface area contributed by atoms with Crippen LogP contribution in [0.1, 0.15) is 5.89 Å². The molecule has 2 aromatic rings. The molecule has 0 aliphatic heterocycles. The van der Waals surface area contributed by atoms with Crippen molar-refractivity contribution in [2.75, 3.05) is 0 Å². The molecule has 1 aromatic carbocycles. The number of hydrogen-bond donors (Lipinski definition) is 0. The molecule has 2 rings (SSSR count). The lowest BCUT2D eigenvalue weighted by atomic mass is 10.2. The van der Waals surface area contributed by atoms with Crippen LogP contribution in [0, 0.1) is 11.3 Å². The van der Waals surface area contributed by atoms with E-state index in [4.69, 9.17) is 5.26 Å². The summed E-state index contributed by atoms with van der Waals surface area (Å²) in [6, 6.07) is 9.21. The lowest BCUT2D eigenvalue weighted by Crippen LogP contribution is -1.79. The minimum Gasteiger partial charge on any atom is -0.322 e. The van der Waals surface area contributed by atoms with E-state index in [2.05, 4.69) is 30.6 Å². The Morgan fingerprint density at radius 2 is 2.00 bits per heavy atom. The van der Waals surface area contributed by atoms with Crippen LogP contribution in [0.5, 0.6) is 0 Å². The first kappa shape index (κ1) is 8.91. The molecule has 68 valence electrons. The molecule has 0 saturated heterocycles. The first-order chi connectivity index (χ1) is 6.79. The van der Waals surface area contributed by atoms with Gasteiger partial charge in [-0.1, -0.05) is 21.1 Å². The largest absolute Gasteiger partial charge is 0.329 e. The van der Waals surface area contributed by atoms with Crippen molar-refractivity contribution in [3.8, 4) is 17.5 Å². The number of rotatable bonds is 1. The van der Waals surface area contributed by atoms with Crippen LogP contribution in [0.25, 0.3) is 11.4 Å². The van der Waals surface area contributed by atoms with Crippen molar-refractivity contribution in [1.82, 2.24) is 10.1 Å². The standard InChI is InChI=1S/C9H4BrN3O/c10-7-3-1-6(2-4-7)9-12-8(5-11)14-13-9/h1-4H. The summed E-state index contributed by atoms with van der Waals surface area (Å²) >= 11 is 3.32. The molecule has 0 saturated carbocycles. The summed E-state index contributed by atoms with van der Waals surface area (Å²) < 4.78 is 5.64. The molecule has 0 radical (unpaired) electrons. The van der Waals surface area contributed by atoms with Crippen LogP contribution in [0.3, 0.4) is 0 Å². The fourth-order valence-electron chi connectivity index (χ4n) is 0.985. The monoisotopic (exact) mass is 249 g/mol. The highest BCUT2D eigenvalue weighted by molar-refractivity contribution is 9.10. The van der Waals surface area contributed by atoms with Gasteiger partial charge in [-0.15, -0.1) is 0 Å². The number of nitriles is 1. The second-order valence-corrected chi connectivity index (χ2v) is 3.46. The quantitative estimate of drug-likeness (QED) is 0.779. The molecule has 0 fully saturated rings. The number of aromatic nitrogens is 2. The lowest BCUT2D eigenvalue weighted by Gasteiger charge is -1.92. The molecular formula is C9H4BrN3O. The molecule has 0 amide bonds. The first-order valence-electron chi connectivity index (χ1n) is 3.79. The maximum Gasteiger partial charge on any atom is 0.329 e. The van der Waals surface area contributed by atoms with E-state index in [1.54, 1.807) is 6.07 Å². The van der Waals surface area contributed by atoms with Crippen molar-refractivity contribution in [1.29, 1.82) is 5.26 Å². The predicted molar refractivity (Wildman–Crippen MR) is 52.1 cm³/mol. The minimum atomic E-state index is -0.0251. The molecule has 0 N–H and O–H groups in total. The zero-order chi connectivity index (χ0) is 9.97. The van der Waals surface area contributed by atoms with E-state index in [1.165, 1.54) is 0 Å².